The van der Waals surface area contributed by atoms with Crippen LogP contribution in [0.2, 0.25) is 0 Å². The van der Waals surface area contributed by atoms with E-state index in [2.05, 4.69) is 23.5 Å². The quantitative estimate of drug-likeness (QED) is 0.568. The Morgan fingerprint density at radius 1 is 0.647 bits per heavy atom. The normalized spacial score (nSPS) is 22.9. The minimum Gasteiger partial charge on any atom is -0.148 e. The molecule has 2 heteroatoms. The highest BCUT2D eigenvalue weighted by Crippen LogP contribution is 2.34. The highest BCUT2D eigenvalue weighted by atomic mass is 32.2. The molecule has 2 saturated carbocycles. The van der Waals surface area contributed by atoms with Crippen molar-refractivity contribution in [2.45, 2.75) is 88.6 Å². The maximum atomic E-state index is 2.25. The van der Waals surface area contributed by atoms with Crippen molar-refractivity contribution in [2.24, 2.45) is 0 Å². The molecule has 0 spiro atoms. The van der Waals surface area contributed by atoms with Crippen molar-refractivity contribution in [3.8, 4) is 0 Å². The van der Waals surface area contributed by atoms with Gasteiger partial charge in [0.15, 0.2) is 0 Å². The molecule has 0 radical (unpaired) electrons. The van der Waals surface area contributed by atoms with Crippen molar-refractivity contribution >= 4 is 23.5 Å². The first-order valence-electron chi connectivity index (χ1n) is 7.68. The lowest BCUT2D eigenvalue weighted by atomic mass is 10.0. The van der Waals surface area contributed by atoms with E-state index >= 15 is 0 Å². The molecule has 0 aromatic heterocycles. The summed E-state index contributed by atoms with van der Waals surface area (Å²) in [5.74, 6) is 0. The molecule has 0 aromatic carbocycles. The van der Waals surface area contributed by atoms with Gasteiger partial charge in [0.1, 0.15) is 0 Å². The lowest BCUT2D eigenvalue weighted by Crippen LogP contribution is -2.11. The molecule has 0 aliphatic heterocycles. The molecule has 0 N–H and O–H groups in total. The summed E-state index contributed by atoms with van der Waals surface area (Å²) in [4.78, 5) is 0. The summed E-state index contributed by atoms with van der Waals surface area (Å²) < 4.78 is 0. The Labute approximate surface area is 117 Å². The zero-order chi connectivity index (χ0) is 12.3. The molecule has 0 aromatic rings. The van der Waals surface area contributed by atoms with Crippen molar-refractivity contribution in [3.63, 3.8) is 0 Å². The Kier molecular flexibility index (Phi) is 9.83. The molecule has 0 heterocycles. The summed E-state index contributed by atoms with van der Waals surface area (Å²) >= 11 is 4.51. The van der Waals surface area contributed by atoms with Gasteiger partial charge in [0, 0.05) is 15.6 Å². The monoisotopic (exact) mass is 274 g/mol. The number of thioether (sulfide) groups is 2. The van der Waals surface area contributed by atoms with E-state index in [4.69, 9.17) is 0 Å². The Bertz CT molecular complexity index is 140. The minimum atomic E-state index is 1.01. The highest BCUT2D eigenvalue weighted by Gasteiger charge is 2.16. The van der Waals surface area contributed by atoms with Crippen LogP contribution in [0.1, 0.15) is 78.1 Å². The summed E-state index contributed by atoms with van der Waals surface area (Å²) in [5.41, 5.74) is 0. The highest BCUT2D eigenvalue weighted by molar-refractivity contribution is 8.16. The molecule has 102 valence electrons. The molecule has 2 aliphatic carbocycles. The summed E-state index contributed by atoms with van der Waals surface area (Å²) in [6, 6.07) is 0. The summed E-state index contributed by atoms with van der Waals surface area (Å²) in [7, 11) is 0. The lowest BCUT2D eigenvalue weighted by Gasteiger charge is -2.24. The zero-order valence-corrected chi connectivity index (χ0v) is 13.4. The first-order valence-corrected chi connectivity index (χ1v) is 9.78. The largest absolute Gasteiger partial charge is 0.148 e. The third-order valence-corrected chi connectivity index (χ3v) is 6.69. The zero-order valence-electron chi connectivity index (χ0n) is 11.7. The van der Waals surface area contributed by atoms with Crippen LogP contribution in [0.25, 0.3) is 0 Å². The predicted octanol–water partition coefficient (Wildman–Crippen LogP) is 6.10. The van der Waals surface area contributed by atoms with Gasteiger partial charge in [-0.1, -0.05) is 52.4 Å². The second-order valence-electron chi connectivity index (χ2n) is 4.97. The Morgan fingerprint density at radius 2 is 1.00 bits per heavy atom. The van der Waals surface area contributed by atoms with Gasteiger partial charge >= 0.3 is 0 Å². The van der Waals surface area contributed by atoms with E-state index in [1.807, 2.05) is 13.8 Å². The van der Waals surface area contributed by atoms with E-state index in [1.54, 1.807) is 0 Å². The molecule has 0 atom stereocenters. The molecule has 0 amide bonds. The Balaban J connectivity index is 0.000000686. The number of hydrogen-bond acceptors (Lipinski definition) is 2. The lowest BCUT2D eigenvalue weighted by molar-refractivity contribution is 0.515. The van der Waals surface area contributed by atoms with Crippen LogP contribution in [-0.4, -0.2) is 15.6 Å². The topological polar surface area (TPSA) is 0 Å². The van der Waals surface area contributed by atoms with E-state index in [0.29, 0.717) is 0 Å². The van der Waals surface area contributed by atoms with Gasteiger partial charge in [-0.15, -0.1) is 23.5 Å². The van der Waals surface area contributed by atoms with Gasteiger partial charge in [0.05, 0.1) is 0 Å². The molecule has 2 rings (SSSR count). The van der Waals surface area contributed by atoms with Crippen LogP contribution in [0.3, 0.4) is 0 Å². The first-order chi connectivity index (χ1) is 8.45. The molecule has 2 fully saturated rings. The standard InChI is InChI=1S/C13H24S2.C2H6/c1-3-7-12(8-4-1)14-11-15-13-9-5-2-6-10-13;1-2/h12-13H,1-11H2;1-2H3. The van der Waals surface area contributed by atoms with Crippen LogP contribution in [-0.2, 0) is 0 Å². The fourth-order valence-electron chi connectivity index (χ4n) is 2.70. The molecular weight excluding hydrogens is 244 g/mol. The van der Waals surface area contributed by atoms with Gasteiger partial charge in [-0.05, 0) is 25.7 Å². The first kappa shape index (κ1) is 15.8. The number of hydrogen-bond donors (Lipinski definition) is 0. The van der Waals surface area contributed by atoms with Gasteiger partial charge in [0.2, 0.25) is 0 Å². The number of rotatable bonds is 4. The SMILES string of the molecule is C1CCC(SCSC2CCCCC2)CC1.CC. The van der Waals surface area contributed by atoms with Gasteiger partial charge in [-0.25, -0.2) is 0 Å². The smallest absolute Gasteiger partial charge is 0.0397 e. The third kappa shape index (κ3) is 7.00. The fourth-order valence-corrected chi connectivity index (χ4v) is 5.88. The maximum Gasteiger partial charge on any atom is 0.0397 e. The van der Waals surface area contributed by atoms with Crippen molar-refractivity contribution in [1.29, 1.82) is 0 Å². The van der Waals surface area contributed by atoms with Crippen LogP contribution in [0.15, 0.2) is 0 Å². The molecule has 0 saturated heterocycles. The molecular formula is C15H30S2. The van der Waals surface area contributed by atoms with E-state index in [9.17, 15) is 0 Å². The van der Waals surface area contributed by atoms with Crippen molar-refractivity contribution in [2.75, 3.05) is 5.08 Å². The average Bonchev–Trinajstić information content (AvgIpc) is 2.43. The van der Waals surface area contributed by atoms with E-state index in [0.717, 1.165) is 10.5 Å². The second-order valence-corrected chi connectivity index (χ2v) is 7.91. The predicted molar refractivity (Wildman–Crippen MR) is 85.1 cm³/mol. The van der Waals surface area contributed by atoms with Gasteiger partial charge in [0.25, 0.3) is 0 Å². The Hall–Kier alpha value is 0.700. The average molecular weight is 275 g/mol. The third-order valence-electron chi connectivity index (χ3n) is 3.71. The van der Waals surface area contributed by atoms with Gasteiger partial charge in [-0.3, -0.25) is 0 Å². The molecule has 0 bridgehead atoms. The summed E-state index contributed by atoms with van der Waals surface area (Å²) in [5, 5.41) is 3.39. The minimum absolute atomic E-state index is 1.01. The molecule has 17 heavy (non-hydrogen) atoms. The summed E-state index contributed by atoms with van der Waals surface area (Å²) in [6.07, 6.45) is 14.9. The van der Waals surface area contributed by atoms with Gasteiger partial charge in [-0.2, -0.15) is 0 Å². The van der Waals surface area contributed by atoms with E-state index in [1.165, 1.54) is 69.3 Å². The van der Waals surface area contributed by atoms with Crippen LogP contribution in [0, 0.1) is 0 Å². The van der Waals surface area contributed by atoms with Crippen molar-refractivity contribution < 1.29 is 0 Å². The Morgan fingerprint density at radius 3 is 1.35 bits per heavy atom. The van der Waals surface area contributed by atoms with E-state index < -0.39 is 0 Å². The van der Waals surface area contributed by atoms with Crippen molar-refractivity contribution in [3.05, 3.63) is 0 Å². The summed E-state index contributed by atoms with van der Waals surface area (Å²) in [6.45, 7) is 4.00. The van der Waals surface area contributed by atoms with Crippen LogP contribution in [0.4, 0.5) is 0 Å². The van der Waals surface area contributed by atoms with Crippen LogP contribution >= 0.6 is 23.5 Å². The molecule has 2 aliphatic rings. The van der Waals surface area contributed by atoms with Crippen molar-refractivity contribution in [1.82, 2.24) is 0 Å². The van der Waals surface area contributed by atoms with Crippen LogP contribution in [0.5, 0.6) is 0 Å². The maximum absolute atomic E-state index is 2.25. The van der Waals surface area contributed by atoms with Crippen LogP contribution < -0.4 is 0 Å². The molecule has 0 unspecified atom stereocenters. The fraction of sp³-hybridized carbons (Fsp3) is 1.00. The van der Waals surface area contributed by atoms with E-state index in [-0.39, 0.29) is 0 Å². The molecule has 0 nitrogen and oxygen atoms in total. The van der Waals surface area contributed by atoms with Gasteiger partial charge < -0.3 is 0 Å². The second kappa shape index (κ2) is 10.6.